The number of imide groups is 1. The summed E-state index contributed by atoms with van der Waals surface area (Å²) in [6, 6.07) is 13.4. The number of hydrogen-bond donors (Lipinski definition) is 0. The highest BCUT2D eigenvalue weighted by atomic mass is 19.4. The van der Waals surface area contributed by atoms with E-state index in [1.54, 1.807) is 36.5 Å². The van der Waals surface area contributed by atoms with Crippen molar-refractivity contribution in [3.05, 3.63) is 77.6 Å². The molecule has 1 aromatic heterocycles. The van der Waals surface area contributed by atoms with E-state index >= 15 is 0 Å². The van der Waals surface area contributed by atoms with Crippen molar-refractivity contribution in [2.45, 2.75) is 12.9 Å². The minimum atomic E-state index is -4.76. The van der Waals surface area contributed by atoms with Crippen LogP contribution in [0.5, 0.6) is 5.75 Å². The summed E-state index contributed by atoms with van der Waals surface area (Å²) >= 11 is 0. The average molecular weight is 387 g/mol. The van der Waals surface area contributed by atoms with Crippen LogP contribution in [0.2, 0.25) is 0 Å². The van der Waals surface area contributed by atoms with Crippen LogP contribution in [0.25, 0.3) is 5.69 Å². The van der Waals surface area contributed by atoms with Crippen molar-refractivity contribution in [2.24, 2.45) is 0 Å². The lowest BCUT2D eigenvalue weighted by Crippen LogP contribution is -2.29. The molecule has 2 aromatic carbocycles. The first-order valence-electron chi connectivity index (χ1n) is 8.18. The zero-order chi connectivity index (χ0) is 19.9. The first kappa shape index (κ1) is 17.8. The third-order valence-corrected chi connectivity index (χ3v) is 4.18. The Morgan fingerprint density at radius 1 is 0.893 bits per heavy atom. The van der Waals surface area contributed by atoms with Crippen molar-refractivity contribution in [3.63, 3.8) is 0 Å². The van der Waals surface area contributed by atoms with Crippen molar-refractivity contribution >= 4 is 11.8 Å². The van der Waals surface area contributed by atoms with E-state index in [0.717, 1.165) is 4.90 Å². The number of rotatable bonds is 4. The summed E-state index contributed by atoms with van der Waals surface area (Å²) in [4.78, 5) is 25.9. The molecule has 6 nitrogen and oxygen atoms in total. The van der Waals surface area contributed by atoms with Crippen LogP contribution in [0, 0.1) is 0 Å². The fourth-order valence-corrected chi connectivity index (χ4v) is 2.94. The van der Waals surface area contributed by atoms with Crippen LogP contribution in [0.1, 0.15) is 26.4 Å². The molecule has 0 saturated heterocycles. The van der Waals surface area contributed by atoms with E-state index < -0.39 is 6.36 Å². The Labute approximate surface area is 156 Å². The standard InChI is InChI=1S/C19H12F3N3O3/c20-19(21,22)28-14-7-5-13(6-8-14)25-10-9-12(23-25)11-24-17(26)15-3-1-2-4-16(15)18(24)27/h1-10H,11H2. The van der Waals surface area contributed by atoms with Crippen molar-refractivity contribution in [3.8, 4) is 11.4 Å². The maximum absolute atomic E-state index is 12.4. The second kappa shape index (κ2) is 6.52. The van der Waals surface area contributed by atoms with Gasteiger partial charge in [0, 0.05) is 6.20 Å². The monoisotopic (exact) mass is 387 g/mol. The molecule has 0 aliphatic carbocycles. The summed E-state index contributed by atoms with van der Waals surface area (Å²) in [5.41, 5.74) is 1.67. The van der Waals surface area contributed by atoms with Gasteiger partial charge in [-0.05, 0) is 42.5 Å². The molecule has 2 amide bonds. The van der Waals surface area contributed by atoms with E-state index in [1.165, 1.54) is 28.9 Å². The summed E-state index contributed by atoms with van der Waals surface area (Å²) < 4.78 is 41.9. The van der Waals surface area contributed by atoms with Crippen molar-refractivity contribution in [1.29, 1.82) is 0 Å². The number of carbonyl (C=O) groups excluding carboxylic acids is 2. The lowest BCUT2D eigenvalue weighted by Gasteiger charge is -2.12. The third kappa shape index (κ3) is 3.34. The van der Waals surface area contributed by atoms with Crippen molar-refractivity contribution in [1.82, 2.24) is 14.7 Å². The maximum Gasteiger partial charge on any atom is 0.573 e. The van der Waals surface area contributed by atoms with Gasteiger partial charge >= 0.3 is 6.36 Å². The van der Waals surface area contributed by atoms with Gasteiger partial charge in [-0.1, -0.05) is 12.1 Å². The quantitative estimate of drug-likeness (QED) is 0.642. The first-order chi connectivity index (χ1) is 13.3. The molecule has 9 heteroatoms. The number of hydrogen-bond acceptors (Lipinski definition) is 4. The van der Waals surface area contributed by atoms with Crippen molar-refractivity contribution in [2.75, 3.05) is 0 Å². The SMILES string of the molecule is O=C1c2ccccc2C(=O)N1Cc1ccn(-c2ccc(OC(F)(F)F)cc2)n1. The Morgan fingerprint density at radius 3 is 2.07 bits per heavy atom. The minimum absolute atomic E-state index is 0.00534. The number of nitrogens with zero attached hydrogens (tertiary/aromatic N) is 3. The second-order valence-electron chi connectivity index (χ2n) is 6.04. The molecular weight excluding hydrogens is 375 g/mol. The van der Waals surface area contributed by atoms with Crippen LogP contribution in [0.3, 0.4) is 0 Å². The van der Waals surface area contributed by atoms with Gasteiger partial charge in [-0.15, -0.1) is 13.2 Å². The lowest BCUT2D eigenvalue weighted by atomic mass is 10.1. The Hall–Kier alpha value is -3.62. The van der Waals surface area contributed by atoms with Gasteiger partial charge in [-0.2, -0.15) is 5.10 Å². The van der Waals surface area contributed by atoms with Gasteiger partial charge in [0.2, 0.25) is 0 Å². The normalized spacial score (nSPS) is 13.8. The summed E-state index contributed by atoms with van der Waals surface area (Å²) in [6.45, 7) is -0.00534. The van der Waals surface area contributed by atoms with Crippen LogP contribution >= 0.6 is 0 Å². The molecule has 0 fully saturated rings. The molecule has 0 saturated carbocycles. The molecule has 0 N–H and O–H groups in total. The van der Waals surface area contributed by atoms with E-state index in [-0.39, 0.29) is 24.1 Å². The molecule has 0 atom stereocenters. The summed E-state index contributed by atoms with van der Waals surface area (Å²) in [6.07, 6.45) is -3.17. The zero-order valence-corrected chi connectivity index (χ0v) is 14.2. The predicted molar refractivity (Wildman–Crippen MR) is 90.9 cm³/mol. The van der Waals surface area contributed by atoms with E-state index in [0.29, 0.717) is 22.5 Å². The van der Waals surface area contributed by atoms with Gasteiger partial charge in [0.1, 0.15) is 5.75 Å². The molecule has 4 rings (SSSR count). The molecule has 0 unspecified atom stereocenters. The zero-order valence-electron chi connectivity index (χ0n) is 14.2. The van der Waals surface area contributed by atoms with E-state index in [4.69, 9.17) is 0 Å². The molecular formula is C19H12F3N3O3. The fraction of sp³-hybridized carbons (Fsp3) is 0.105. The number of halogens is 3. The number of ether oxygens (including phenoxy) is 1. The van der Waals surface area contributed by atoms with Crippen LogP contribution in [0.15, 0.2) is 60.8 Å². The number of aromatic nitrogens is 2. The number of amides is 2. The number of fused-ring (bicyclic) bond motifs is 1. The minimum Gasteiger partial charge on any atom is -0.406 e. The van der Waals surface area contributed by atoms with Gasteiger partial charge in [-0.25, -0.2) is 4.68 Å². The molecule has 0 spiro atoms. The molecule has 0 radical (unpaired) electrons. The molecule has 2 heterocycles. The van der Waals surface area contributed by atoms with E-state index in [2.05, 4.69) is 9.84 Å². The Balaban J connectivity index is 1.50. The van der Waals surface area contributed by atoms with Gasteiger partial charge < -0.3 is 4.74 Å². The number of alkyl halides is 3. The fourth-order valence-electron chi connectivity index (χ4n) is 2.94. The smallest absolute Gasteiger partial charge is 0.406 e. The Morgan fingerprint density at radius 2 is 1.50 bits per heavy atom. The molecule has 1 aliphatic heterocycles. The molecule has 142 valence electrons. The van der Waals surface area contributed by atoms with Crippen LogP contribution in [-0.4, -0.2) is 32.9 Å². The second-order valence-corrected chi connectivity index (χ2v) is 6.04. The largest absolute Gasteiger partial charge is 0.573 e. The number of benzene rings is 2. The maximum atomic E-state index is 12.4. The molecule has 3 aromatic rings. The summed E-state index contributed by atoms with van der Waals surface area (Å²) in [7, 11) is 0. The summed E-state index contributed by atoms with van der Waals surface area (Å²) in [5.74, 6) is -1.11. The summed E-state index contributed by atoms with van der Waals surface area (Å²) in [5, 5.41) is 4.29. The van der Waals surface area contributed by atoms with Gasteiger partial charge in [0.15, 0.2) is 0 Å². The topological polar surface area (TPSA) is 64.4 Å². The Bertz CT molecular complexity index is 1020. The van der Waals surface area contributed by atoms with E-state index in [9.17, 15) is 22.8 Å². The molecule has 1 aliphatic rings. The molecule has 28 heavy (non-hydrogen) atoms. The first-order valence-corrected chi connectivity index (χ1v) is 8.18. The highest BCUT2D eigenvalue weighted by molar-refractivity contribution is 6.21. The lowest BCUT2D eigenvalue weighted by molar-refractivity contribution is -0.274. The average Bonchev–Trinajstić information content (AvgIpc) is 3.21. The van der Waals surface area contributed by atoms with Gasteiger partial charge in [-0.3, -0.25) is 14.5 Å². The highest BCUT2D eigenvalue weighted by Gasteiger charge is 2.35. The van der Waals surface area contributed by atoms with Gasteiger partial charge in [0.05, 0.1) is 29.1 Å². The van der Waals surface area contributed by atoms with E-state index in [1.807, 2.05) is 0 Å². The van der Waals surface area contributed by atoms with Crippen molar-refractivity contribution < 1.29 is 27.5 Å². The Kier molecular flexibility index (Phi) is 4.14. The third-order valence-electron chi connectivity index (χ3n) is 4.18. The number of carbonyl (C=O) groups is 2. The van der Waals surface area contributed by atoms with Gasteiger partial charge in [0.25, 0.3) is 11.8 Å². The highest BCUT2D eigenvalue weighted by Crippen LogP contribution is 2.25. The van der Waals surface area contributed by atoms with Crippen LogP contribution < -0.4 is 4.74 Å². The van der Waals surface area contributed by atoms with Crippen LogP contribution in [0.4, 0.5) is 13.2 Å². The molecule has 0 bridgehead atoms. The predicted octanol–water partition coefficient (Wildman–Crippen LogP) is 3.57. The van der Waals surface area contributed by atoms with Crippen LogP contribution in [-0.2, 0) is 6.54 Å².